The van der Waals surface area contributed by atoms with Gasteiger partial charge in [0.25, 0.3) is 0 Å². The van der Waals surface area contributed by atoms with Crippen LogP contribution in [0.3, 0.4) is 0 Å². The van der Waals surface area contributed by atoms with Gasteiger partial charge in [-0.15, -0.1) is 11.8 Å². The lowest BCUT2D eigenvalue weighted by Crippen LogP contribution is -2.35. The molecule has 0 fully saturated rings. The molecule has 0 aliphatic rings. The maximum absolute atomic E-state index is 12.3. The van der Waals surface area contributed by atoms with Crippen LogP contribution in [0.25, 0.3) is 0 Å². The van der Waals surface area contributed by atoms with E-state index < -0.39 is 0 Å². The number of rotatable bonds is 8. The number of hydrogen-bond acceptors (Lipinski definition) is 4. The second-order valence-corrected chi connectivity index (χ2v) is 7.60. The van der Waals surface area contributed by atoms with Crippen LogP contribution in [0.1, 0.15) is 22.7 Å². The lowest BCUT2D eigenvalue weighted by molar-refractivity contribution is -0.118. The largest absolute Gasteiger partial charge is 0.496 e. The molecule has 0 saturated carbocycles. The Balaban J connectivity index is 1.96. The third-order valence-electron chi connectivity index (χ3n) is 4.32. The summed E-state index contributed by atoms with van der Waals surface area (Å²) in [5, 5.41) is 3.06. The average molecular weight is 373 g/mol. The number of nitrogens with zero attached hydrogens (tertiary/aromatic N) is 1. The van der Waals surface area contributed by atoms with E-state index in [-0.39, 0.29) is 11.9 Å². The Hall–Kier alpha value is -1.98. The minimum atomic E-state index is 0.0395. The smallest absolute Gasteiger partial charge is 0.230 e. The van der Waals surface area contributed by atoms with Crippen molar-refractivity contribution < 1.29 is 9.53 Å². The summed E-state index contributed by atoms with van der Waals surface area (Å²) < 4.78 is 5.47. The lowest BCUT2D eigenvalue weighted by atomic mass is 10.0. The second kappa shape index (κ2) is 9.64. The van der Waals surface area contributed by atoms with E-state index in [0.717, 1.165) is 16.2 Å². The van der Waals surface area contributed by atoms with Crippen LogP contribution in [0.15, 0.2) is 47.4 Å². The Morgan fingerprint density at radius 3 is 2.62 bits per heavy atom. The Morgan fingerprint density at radius 2 is 1.92 bits per heavy atom. The van der Waals surface area contributed by atoms with Gasteiger partial charge in [0.05, 0.1) is 18.9 Å². The SMILES string of the molecule is COc1ccccc1C(CNC(=O)CSc1cc(C)ccc1C)N(C)C. The molecule has 0 aliphatic carbocycles. The number of methoxy groups -OCH3 is 1. The summed E-state index contributed by atoms with van der Waals surface area (Å²) in [4.78, 5) is 15.6. The van der Waals surface area contributed by atoms with Gasteiger partial charge in [-0.2, -0.15) is 0 Å². The number of thioether (sulfide) groups is 1. The number of benzene rings is 2. The van der Waals surface area contributed by atoms with Gasteiger partial charge >= 0.3 is 0 Å². The molecule has 0 aliphatic heterocycles. The van der Waals surface area contributed by atoms with Crippen molar-refractivity contribution in [3.05, 3.63) is 59.2 Å². The zero-order valence-electron chi connectivity index (χ0n) is 16.2. The van der Waals surface area contributed by atoms with Crippen molar-refractivity contribution in [2.75, 3.05) is 33.5 Å². The molecule has 2 aromatic rings. The standard InChI is InChI=1S/C21H28N2O2S/c1-15-10-11-16(2)20(12-15)26-14-21(24)22-13-18(23(3)4)17-8-6-7-9-19(17)25-5/h6-12,18H,13-14H2,1-5H3,(H,22,24). The molecule has 0 heterocycles. The van der Waals surface area contributed by atoms with Gasteiger partial charge in [0.15, 0.2) is 0 Å². The number of likely N-dealkylation sites (N-methyl/N-ethyl adjacent to an activating group) is 1. The minimum Gasteiger partial charge on any atom is -0.496 e. The van der Waals surface area contributed by atoms with Crippen LogP contribution in [-0.2, 0) is 4.79 Å². The van der Waals surface area contributed by atoms with Gasteiger partial charge < -0.3 is 15.0 Å². The molecular weight excluding hydrogens is 344 g/mol. The Morgan fingerprint density at radius 1 is 1.19 bits per heavy atom. The molecule has 2 aromatic carbocycles. The molecule has 5 heteroatoms. The molecule has 1 atom stereocenters. The van der Waals surface area contributed by atoms with E-state index in [0.29, 0.717) is 12.3 Å². The first kappa shape index (κ1) is 20.3. The van der Waals surface area contributed by atoms with E-state index >= 15 is 0 Å². The van der Waals surface area contributed by atoms with E-state index in [1.807, 2.05) is 38.4 Å². The fourth-order valence-electron chi connectivity index (χ4n) is 2.78. The summed E-state index contributed by atoms with van der Waals surface area (Å²) in [6.07, 6.45) is 0. The second-order valence-electron chi connectivity index (χ2n) is 6.58. The summed E-state index contributed by atoms with van der Waals surface area (Å²) in [6.45, 7) is 4.68. The van der Waals surface area contributed by atoms with E-state index in [9.17, 15) is 4.79 Å². The van der Waals surface area contributed by atoms with Crippen LogP contribution in [0.5, 0.6) is 5.75 Å². The van der Waals surface area contributed by atoms with Crippen LogP contribution >= 0.6 is 11.8 Å². The normalized spacial score (nSPS) is 12.1. The van der Waals surface area contributed by atoms with E-state index in [1.54, 1.807) is 18.9 Å². The van der Waals surface area contributed by atoms with Gasteiger partial charge in [0.1, 0.15) is 5.75 Å². The lowest BCUT2D eigenvalue weighted by Gasteiger charge is -2.26. The predicted octanol–water partition coefficient (Wildman–Crippen LogP) is 3.82. The summed E-state index contributed by atoms with van der Waals surface area (Å²) in [7, 11) is 5.69. The van der Waals surface area contributed by atoms with Gasteiger partial charge in [-0.05, 0) is 45.6 Å². The third-order valence-corrected chi connectivity index (χ3v) is 5.47. The maximum Gasteiger partial charge on any atom is 0.230 e. The molecule has 2 rings (SSSR count). The molecule has 26 heavy (non-hydrogen) atoms. The quantitative estimate of drug-likeness (QED) is 0.715. The summed E-state index contributed by atoms with van der Waals surface area (Å²) in [6, 6.07) is 14.3. The highest BCUT2D eigenvalue weighted by atomic mass is 32.2. The van der Waals surface area contributed by atoms with Crippen LogP contribution in [0.4, 0.5) is 0 Å². The fourth-order valence-corrected chi connectivity index (χ4v) is 3.73. The van der Waals surface area contributed by atoms with Crippen molar-refractivity contribution in [2.45, 2.75) is 24.8 Å². The molecule has 0 bridgehead atoms. The van der Waals surface area contributed by atoms with Crippen LogP contribution in [0, 0.1) is 13.8 Å². The summed E-state index contributed by atoms with van der Waals surface area (Å²) in [5.74, 6) is 1.29. The van der Waals surface area contributed by atoms with E-state index in [2.05, 4.69) is 42.3 Å². The average Bonchev–Trinajstić information content (AvgIpc) is 2.62. The maximum atomic E-state index is 12.3. The number of hydrogen-bond donors (Lipinski definition) is 1. The Bertz CT molecular complexity index is 747. The predicted molar refractivity (Wildman–Crippen MR) is 109 cm³/mol. The summed E-state index contributed by atoms with van der Waals surface area (Å²) >= 11 is 1.58. The van der Waals surface area contributed by atoms with Crippen LogP contribution in [-0.4, -0.2) is 44.3 Å². The van der Waals surface area contributed by atoms with Crippen molar-refractivity contribution in [3.8, 4) is 5.75 Å². The van der Waals surface area contributed by atoms with Gasteiger partial charge in [-0.1, -0.05) is 35.9 Å². The molecule has 140 valence electrons. The van der Waals surface area contributed by atoms with Crippen LogP contribution in [0.2, 0.25) is 0 Å². The number of para-hydroxylation sites is 1. The van der Waals surface area contributed by atoms with Crippen LogP contribution < -0.4 is 10.1 Å². The number of ether oxygens (including phenoxy) is 1. The van der Waals surface area contributed by atoms with E-state index in [1.165, 1.54) is 11.1 Å². The fraction of sp³-hybridized carbons (Fsp3) is 0.381. The molecule has 0 radical (unpaired) electrons. The number of carbonyl (C=O) groups is 1. The number of aryl methyl sites for hydroxylation is 2. The first-order valence-corrected chi connectivity index (χ1v) is 9.67. The Kier molecular flexibility index (Phi) is 7.54. The number of amides is 1. The number of nitrogens with one attached hydrogen (secondary N) is 1. The summed E-state index contributed by atoms with van der Waals surface area (Å²) in [5.41, 5.74) is 3.48. The van der Waals surface area contributed by atoms with Gasteiger partial charge in [0.2, 0.25) is 5.91 Å². The zero-order chi connectivity index (χ0) is 19.1. The highest BCUT2D eigenvalue weighted by Crippen LogP contribution is 2.27. The van der Waals surface area contributed by atoms with Gasteiger partial charge in [0, 0.05) is 17.0 Å². The first-order valence-electron chi connectivity index (χ1n) is 8.68. The topological polar surface area (TPSA) is 41.6 Å². The van der Waals surface area contributed by atoms with Crippen molar-refractivity contribution in [3.63, 3.8) is 0 Å². The Labute approximate surface area is 160 Å². The van der Waals surface area contributed by atoms with E-state index in [4.69, 9.17) is 4.74 Å². The van der Waals surface area contributed by atoms with Crippen molar-refractivity contribution >= 4 is 17.7 Å². The molecule has 1 amide bonds. The monoisotopic (exact) mass is 372 g/mol. The zero-order valence-corrected chi connectivity index (χ0v) is 17.0. The number of carbonyl (C=O) groups excluding carboxylic acids is 1. The van der Waals surface area contributed by atoms with Crippen molar-refractivity contribution in [1.29, 1.82) is 0 Å². The van der Waals surface area contributed by atoms with Gasteiger partial charge in [-0.25, -0.2) is 0 Å². The van der Waals surface area contributed by atoms with Crippen molar-refractivity contribution in [1.82, 2.24) is 10.2 Å². The molecule has 1 unspecified atom stereocenters. The third kappa shape index (κ3) is 5.51. The van der Waals surface area contributed by atoms with Gasteiger partial charge in [-0.3, -0.25) is 4.79 Å². The molecule has 0 aromatic heterocycles. The van der Waals surface area contributed by atoms with Crippen molar-refractivity contribution in [2.24, 2.45) is 0 Å². The first-order chi connectivity index (χ1) is 12.4. The minimum absolute atomic E-state index is 0.0395. The molecule has 0 spiro atoms. The molecule has 0 saturated heterocycles. The highest BCUT2D eigenvalue weighted by molar-refractivity contribution is 8.00. The molecular formula is C21H28N2O2S. The highest BCUT2D eigenvalue weighted by Gasteiger charge is 2.19. The molecule has 4 nitrogen and oxygen atoms in total. The molecule has 1 N–H and O–H groups in total.